The number of rotatable bonds is 8. The van der Waals surface area contributed by atoms with Crippen LogP contribution in [0.15, 0.2) is 0 Å². The van der Waals surface area contributed by atoms with Crippen LogP contribution in [0.25, 0.3) is 0 Å². The number of nitrogens with one attached hydrogen (secondary N) is 3. The molecule has 4 rings (SSSR count). The average molecular weight is 421 g/mol. The molecule has 0 aromatic heterocycles. The maximum absolute atomic E-state index is 13.0. The Balaban J connectivity index is 1.43. The number of amides is 4. The lowest BCUT2D eigenvalue weighted by atomic mass is 9.73. The summed E-state index contributed by atoms with van der Waals surface area (Å²) in [7, 11) is 0. The standard InChI is InChI=1S/C21H32N4O5/c1-19(2)20(6-3-7-20)21(19)8-14(25(11-21)16(28)10-22-12-26)17(29)23-9-15(27)18(30)24-13-4-5-13/h12-15,27H,3-11H2,1-2H3,(H,22,26)(H,23,29)(H,24,30). The highest BCUT2D eigenvalue weighted by molar-refractivity contribution is 5.90. The molecular formula is C21H32N4O5. The highest BCUT2D eigenvalue weighted by Crippen LogP contribution is 2.88. The quantitative estimate of drug-likeness (QED) is 0.386. The van der Waals surface area contributed by atoms with Crippen molar-refractivity contribution in [2.75, 3.05) is 19.6 Å². The number of hydrogen-bond donors (Lipinski definition) is 4. The molecule has 0 aromatic carbocycles. The number of likely N-dealkylation sites (tertiary alicyclic amines) is 1. The van der Waals surface area contributed by atoms with Crippen LogP contribution >= 0.6 is 0 Å². The third kappa shape index (κ3) is 3.01. The SMILES string of the molecule is CC1(C)C2(CCC2)C12CC(C(=O)NCC(O)C(=O)NC1CC1)N(C(=O)CNC=O)C2. The number of hydrogen-bond acceptors (Lipinski definition) is 5. The van der Waals surface area contributed by atoms with E-state index in [9.17, 15) is 24.3 Å². The largest absolute Gasteiger partial charge is 0.381 e. The molecule has 3 unspecified atom stereocenters. The van der Waals surface area contributed by atoms with E-state index in [-0.39, 0.29) is 47.2 Å². The van der Waals surface area contributed by atoms with Crippen LogP contribution < -0.4 is 16.0 Å². The minimum atomic E-state index is -1.32. The normalized spacial score (nSPS) is 31.0. The van der Waals surface area contributed by atoms with Gasteiger partial charge in [-0.1, -0.05) is 20.3 Å². The van der Waals surface area contributed by atoms with Gasteiger partial charge in [0.25, 0.3) is 5.91 Å². The lowest BCUT2D eigenvalue weighted by Gasteiger charge is -2.32. The van der Waals surface area contributed by atoms with E-state index in [4.69, 9.17) is 0 Å². The Morgan fingerprint density at radius 2 is 1.90 bits per heavy atom. The first-order valence-corrected chi connectivity index (χ1v) is 10.9. The van der Waals surface area contributed by atoms with Crippen LogP contribution in [-0.2, 0) is 19.2 Å². The van der Waals surface area contributed by atoms with Crippen LogP contribution in [0.4, 0.5) is 0 Å². The summed E-state index contributed by atoms with van der Waals surface area (Å²) in [5.74, 6) is -1.13. The number of aliphatic hydroxyl groups excluding tert-OH is 1. The summed E-state index contributed by atoms with van der Waals surface area (Å²) < 4.78 is 0. The van der Waals surface area contributed by atoms with Crippen molar-refractivity contribution >= 4 is 24.1 Å². The van der Waals surface area contributed by atoms with Gasteiger partial charge >= 0.3 is 0 Å². The van der Waals surface area contributed by atoms with Crippen LogP contribution in [0, 0.1) is 16.2 Å². The highest BCUT2D eigenvalue weighted by atomic mass is 16.3. The van der Waals surface area contributed by atoms with Gasteiger partial charge in [-0.25, -0.2) is 0 Å². The van der Waals surface area contributed by atoms with Crippen molar-refractivity contribution in [1.29, 1.82) is 0 Å². The number of carbonyl (C=O) groups is 4. The van der Waals surface area contributed by atoms with Gasteiger partial charge in [0.15, 0.2) is 0 Å². The molecule has 2 spiro atoms. The van der Waals surface area contributed by atoms with E-state index < -0.39 is 18.1 Å². The molecule has 3 aliphatic carbocycles. The van der Waals surface area contributed by atoms with Gasteiger partial charge in [0.2, 0.25) is 18.2 Å². The second-order valence-corrected chi connectivity index (χ2v) is 9.93. The molecule has 1 aliphatic heterocycles. The van der Waals surface area contributed by atoms with Crippen LogP contribution in [0.3, 0.4) is 0 Å². The van der Waals surface area contributed by atoms with E-state index in [0.717, 1.165) is 25.7 Å². The molecule has 0 radical (unpaired) electrons. The monoisotopic (exact) mass is 420 g/mol. The van der Waals surface area contributed by atoms with Crippen LogP contribution in [0.5, 0.6) is 0 Å². The number of aliphatic hydroxyl groups is 1. The third-order valence-electron chi connectivity index (χ3n) is 8.47. The maximum atomic E-state index is 13.0. The molecule has 4 N–H and O–H groups in total. The summed E-state index contributed by atoms with van der Waals surface area (Å²) in [4.78, 5) is 49.9. The Hall–Kier alpha value is -2.16. The molecule has 3 saturated carbocycles. The molecule has 9 nitrogen and oxygen atoms in total. The third-order valence-corrected chi connectivity index (χ3v) is 8.47. The van der Waals surface area contributed by atoms with E-state index in [1.54, 1.807) is 4.90 Å². The van der Waals surface area contributed by atoms with Gasteiger partial charge in [0.1, 0.15) is 12.1 Å². The van der Waals surface area contributed by atoms with Crippen molar-refractivity contribution in [2.45, 2.75) is 70.6 Å². The zero-order valence-corrected chi connectivity index (χ0v) is 17.7. The molecular weight excluding hydrogens is 388 g/mol. The van der Waals surface area contributed by atoms with Crippen molar-refractivity contribution in [3.8, 4) is 0 Å². The molecule has 0 bridgehead atoms. The van der Waals surface area contributed by atoms with Gasteiger partial charge in [-0.05, 0) is 42.9 Å². The summed E-state index contributed by atoms with van der Waals surface area (Å²) in [6.07, 6.45) is 4.96. The fourth-order valence-corrected chi connectivity index (χ4v) is 6.26. The predicted octanol–water partition coefficient (Wildman–Crippen LogP) is -0.714. The first-order valence-electron chi connectivity index (χ1n) is 10.9. The molecule has 9 heteroatoms. The predicted molar refractivity (Wildman–Crippen MR) is 107 cm³/mol. The number of nitrogens with zero attached hydrogens (tertiary/aromatic N) is 1. The minimum Gasteiger partial charge on any atom is -0.381 e. The topological polar surface area (TPSA) is 128 Å². The second kappa shape index (κ2) is 7.21. The summed E-state index contributed by atoms with van der Waals surface area (Å²) in [6, 6.07) is -0.532. The van der Waals surface area contributed by atoms with Gasteiger partial charge in [-0.2, -0.15) is 0 Å². The highest BCUT2D eigenvalue weighted by Gasteiger charge is 2.85. The number of carbonyl (C=O) groups excluding carboxylic acids is 4. The lowest BCUT2D eigenvalue weighted by Crippen LogP contribution is -2.51. The van der Waals surface area contributed by atoms with E-state index in [0.29, 0.717) is 19.4 Å². The van der Waals surface area contributed by atoms with Crippen molar-refractivity contribution in [2.24, 2.45) is 16.2 Å². The fourth-order valence-electron chi connectivity index (χ4n) is 6.26. The first kappa shape index (κ1) is 21.1. The Morgan fingerprint density at radius 1 is 1.20 bits per heavy atom. The Bertz CT molecular complexity index is 760. The Kier molecular flexibility index (Phi) is 5.07. The van der Waals surface area contributed by atoms with Crippen LogP contribution in [0.1, 0.15) is 52.4 Å². The molecule has 1 heterocycles. The molecule has 3 atom stereocenters. The van der Waals surface area contributed by atoms with E-state index in [1.807, 2.05) is 0 Å². The molecule has 30 heavy (non-hydrogen) atoms. The van der Waals surface area contributed by atoms with E-state index >= 15 is 0 Å². The van der Waals surface area contributed by atoms with Crippen LogP contribution in [-0.4, -0.2) is 72.0 Å². The zero-order chi connectivity index (χ0) is 21.7. The lowest BCUT2D eigenvalue weighted by molar-refractivity contribution is -0.138. The maximum Gasteiger partial charge on any atom is 0.250 e. The second-order valence-electron chi connectivity index (χ2n) is 9.93. The fraction of sp³-hybridized carbons (Fsp3) is 0.810. The minimum absolute atomic E-state index is 0.0492. The van der Waals surface area contributed by atoms with Gasteiger partial charge in [-0.3, -0.25) is 19.2 Å². The molecule has 1 saturated heterocycles. The Labute approximate surface area is 176 Å². The summed E-state index contributed by atoms with van der Waals surface area (Å²) in [6.45, 7) is 4.62. The van der Waals surface area contributed by atoms with Gasteiger partial charge in [0, 0.05) is 18.0 Å². The van der Waals surface area contributed by atoms with E-state index in [2.05, 4.69) is 29.8 Å². The van der Waals surface area contributed by atoms with Crippen molar-refractivity contribution in [1.82, 2.24) is 20.9 Å². The average Bonchev–Trinajstić information content (AvgIpc) is 3.49. The molecule has 0 aromatic rings. The van der Waals surface area contributed by atoms with Crippen molar-refractivity contribution in [3.05, 3.63) is 0 Å². The van der Waals surface area contributed by atoms with Gasteiger partial charge in [0.05, 0.1) is 13.1 Å². The summed E-state index contributed by atoms with van der Waals surface area (Å²) in [5, 5.41) is 17.8. The van der Waals surface area contributed by atoms with Gasteiger partial charge in [-0.15, -0.1) is 0 Å². The molecule has 166 valence electrons. The molecule has 4 fully saturated rings. The molecule has 4 aliphatic rings. The van der Waals surface area contributed by atoms with Crippen molar-refractivity contribution in [3.63, 3.8) is 0 Å². The Morgan fingerprint density at radius 3 is 2.43 bits per heavy atom. The van der Waals surface area contributed by atoms with E-state index in [1.165, 1.54) is 6.42 Å². The number of fused-ring (bicyclic) bond motifs is 1. The van der Waals surface area contributed by atoms with Gasteiger partial charge < -0.3 is 26.0 Å². The van der Waals surface area contributed by atoms with Crippen LogP contribution in [0.2, 0.25) is 0 Å². The zero-order valence-electron chi connectivity index (χ0n) is 17.7. The van der Waals surface area contributed by atoms with Crippen molar-refractivity contribution < 1.29 is 24.3 Å². The first-order chi connectivity index (χ1) is 14.2. The summed E-state index contributed by atoms with van der Waals surface area (Å²) >= 11 is 0. The smallest absolute Gasteiger partial charge is 0.250 e. The summed E-state index contributed by atoms with van der Waals surface area (Å²) in [5.41, 5.74) is 0.127. The molecule has 4 amide bonds.